The summed E-state index contributed by atoms with van der Waals surface area (Å²) in [6, 6.07) is 8.64. The van der Waals surface area contributed by atoms with Crippen LogP contribution in [0, 0.1) is 5.92 Å². The molecule has 19 heavy (non-hydrogen) atoms. The average molecular weight is 260 g/mol. The lowest BCUT2D eigenvalue weighted by atomic mass is 9.95. The molecule has 1 aromatic rings. The zero-order valence-electron chi connectivity index (χ0n) is 11.9. The minimum absolute atomic E-state index is 0.0139. The van der Waals surface area contributed by atoms with Crippen molar-refractivity contribution in [3.05, 3.63) is 24.3 Å². The number of anilines is 2. The Hall–Kier alpha value is -1.51. The lowest BCUT2D eigenvalue weighted by molar-refractivity contribution is -0.118. The van der Waals surface area contributed by atoms with Crippen molar-refractivity contribution >= 4 is 17.3 Å². The van der Waals surface area contributed by atoms with E-state index in [-0.39, 0.29) is 11.8 Å². The van der Waals surface area contributed by atoms with Crippen molar-refractivity contribution in [2.45, 2.75) is 52.0 Å². The molecule has 1 aromatic carbocycles. The molecule has 0 bridgehead atoms. The van der Waals surface area contributed by atoms with Crippen LogP contribution in [-0.4, -0.2) is 11.9 Å². The van der Waals surface area contributed by atoms with E-state index in [0.717, 1.165) is 11.4 Å². The molecule has 1 saturated carbocycles. The molecule has 1 amide bonds. The van der Waals surface area contributed by atoms with E-state index in [1.807, 2.05) is 38.1 Å². The second-order valence-corrected chi connectivity index (χ2v) is 5.70. The third kappa shape index (κ3) is 4.27. The summed E-state index contributed by atoms with van der Waals surface area (Å²) in [6.07, 6.45) is 6.58. The van der Waals surface area contributed by atoms with Gasteiger partial charge in [-0.15, -0.1) is 0 Å². The van der Waals surface area contributed by atoms with Crippen molar-refractivity contribution < 1.29 is 4.79 Å². The van der Waals surface area contributed by atoms with E-state index in [1.54, 1.807) is 0 Å². The SMILES string of the molecule is CC(C)C(=O)Nc1ccc(NC2CCCCC2)cc1. The molecule has 2 rings (SSSR count). The van der Waals surface area contributed by atoms with Crippen LogP contribution in [0.2, 0.25) is 0 Å². The summed E-state index contributed by atoms with van der Waals surface area (Å²) >= 11 is 0. The third-order valence-corrected chi connectivity index (χ3v) is 3.65. The van der Waals surface area contributed by atoms with Crippen molar-refractivity contribution in [2.75, 3.05) is 10.6 Å². The first-order valence-electron chi connectivity index (χ1n) is 7.32. The minimum Gasteiger partial charge on any atom is -0.382 e. The molecule has 2 N–H and O–H groups in total. The van der Waals surface area contributed by atoms with Gasteiger partial charge in [0.1, 0.15) is 0 Å². The van der Waals surface area contributed by atoms with Crippen LogP contribution in [0.1, 0.15) is 46.0 Å². The fraction of sp³-hybridized carbons (Fsp3) is 0.562. The number of rotatable bonds is 4. The van der Waals surface area contributed by atoms with Gasteiger partial charge in [-0.3, -0.25) is 4.79 Å². The highest BCUT2D eigenvalue weighted by atomic mass is 16.1. The molecule has 1 aliphatic carbocycles. The van der Waals surface area contributed by atoms with Crippen LogP contribution >= 0.6 is 0 Å². The van der Waals surface area contributed by atoms with Crippen molar-refractivity contribution in [1.82, 2.24) is 0 Å². The highest BCUT2D eigenvalue weighted by Crippen LogP contribution is 2.22. The summed E-state index contributed by atoms with van der Waals surface area (Å²) in [7, 11) is 0. The zero-order chi connectivity index (χ0) is 13.7. The number of hydrogen-bond acceptors (Lipinski definition) is 2. The minimum atomic E-state index is 0.0139. The maximum atomic E-state index is 11.6. The zero-order valence-corrected chi connectivity index (χ0v) is 11.9. The Morgan fingerprint density at radius 2 is 1.63 bits per heavy atom. The number of amides is 1. The van der Waals surface area contributed by atoms with E-state index in [1.165, 1.54) is 32.1 Å². The van der Waals surface area contributed by atoms with Gasteiger partial charge in [0.25, 0.3) is 0 Å². The quantitative estimate of drug-likeness (QED) is 0.858. The Morgan fingerprint density at radius 3 is 2.21 bits per heavy atom. The summed E-state index contributed by atoms with van der Waals surface area (Å²) < 4.78 is 0. The second kappa shape index (κ2) is 6.60. The van der Waals surface area contributed by atoms with Gasteiger partial charge in [0.2, 0.25) is 5.91 Å². The van der Waals surface area contributed by atoms with Crippen LogP contribution in [0.3, 0.4) is 0 Å². The Bertz CT molecular complexity index is 405. The second-order valence-electron chi connectivity index (χ2n) is 5.70. The lowest BCUT2D eigenvalue weighted by Crippen LogP contribution is -2.22. The van der Waals surface area contributed by atoms with E-state index < -0.39 is 0 Å². The van der Waals surface area contributed by atoms with Gasteiger partial charge in [-0.25, -0.2) is 0 Å². The van der Waals surface area contributed by atoms with Gasteiger partial charge >= 0.3 is 0 Å². The molecule has 0 spiro atoms. The van der Waals surface area contributed by atoms with Gasteiger partial charge in [-0.2, -0.15) is 0 Å². The standard InChI is InChI=1S/C16H24N2O/c1-12(2)16(19)18-15-10-8-14(9-11-15)17-13-6-4-3-5-7-13/h8-13,17H,3-7H2,1-2H3,(H,18,19). The van der Waals surface area contributed by atoms with Gasteiger partial charge < -0.3 is 10.6 Å². The van der Waals surface area contributed by atoms with Gasteiger partial charge in [-0.1, -0.05) is 33.1 Å². The monoisotopic (exact) mass is 260 g/mol. The molecule has 0 saturated heterocycles. The molecule has 3 nitrogen and oxygen atoms in total. The van der Waals surface area contributed by atoms with Gasteiger partial charge in [0.05, 0.1) is 0 Å². The van der Waals surface area contributed by atoms with Crippen LogP contribution in [0.4, 0.5) is 11.4 Å². The van der Waals surface area contributed by atoms with Crippen LogP contribution in [0.5, 0.6) is 0 Å². The maximum absolute atomic E-state index is 11.6. The first-order valence-corrected chi connectivity index (χ1v) is 7.32. The fourth-order valence-electron chi connectivity index (χ4n) is 2.42. The van der Waals surface area contributed by atoms with Crippen LogP contribution in [0.25, 0.3) is 0 Å². The number of hydrogen-bond donors (Lipinski definition) is 2. The fourth-order valence-corrected chi connectivity index (χ4v) is 2.42. The van der Waals surface area contributed by atoms with Crippen LogP contribution in [-0.2, 0) is 4.79 Å². The molecule has 1 fully saturated rings. The predicted molar refractivity (Wildman–Crippen MR) is 80.4 cm³/mol. The summed E-state index contributed by atoms with van der Waals surface area (Å²) in [5, 5.41) is 6.48. The van der Waals surface area contributed by atoms with Gasteiger partial charge in [-0.05, 0) is 37.1 Å². The van der Waals surface area contributed by atoms with Crippen molar-refractivity contribution in [3.63, 3.8) is 0 Å². The summed E-state index contributed by atoms with van der Waals surface area (Å²) in [5.41, 5.74) is 2.02. The van der Waals surface area contributed by atoms with Crippen molar-refractivity contribution in [3.8, 4) is 0 Å². The van der Waals surface area contributed by atoms with Crippen LogP contribution in [0.15, 0.2) is 24.3 Å². The predicted octanol–water partition coefficient (Wildman–Crippen LogP) is 4.03. The molecule has 0 aliphatic heterocycles. The molecule has 0 unspecified atom stereocenters. The topological polar surface area (TPSA) is 41.1 Å². The molecular formula is C16H24N2O. The van der Waals surface area contributed by atoms with E-state index in [4.69, 9.17) is 0 Å². The maximum Gasteiger partial charge on any atom is 0.226 e. The van der Waals surface area contributed by atoms with Crippen molar-refractivity contribution in [1.29, 1.82) is 0 Å². The highest BCUT2D eigenvalue weighted by Gasteiger charge is 2.12. The molecular weight excluding hydrogens is 236 g/mol. The smallest absolute Gasteiger partial charge is 0.226 e. The Balaban J connectivity index is 1.88. The normalized spacial score (nSPS) is 16.4. The third-order valence-electron chi connectivity index (χ3n) is 3.65. The molecule has 0 aromatic heterocycles. The lowest BCUT2D eigenvalue weighted by Gasteiger charge is -2.24. The Kier molecular flexibility index (Phi) is 4.83. The molecule has 0 atom stereocenters. The molecule has 104 valence electrons. The summed E-state index contributed by atoms with van der Waals surface area (Å²) in [4.78, 5) is 11.6. The Morgan fingerprint density at radius 1 is 1.05 bits per heavy atom. The van der Waals surface area contributed by atoms with E-state index >= 15 is 0 Å². The Labute approximate surface area is 115 Å². The molecule has 3 heteroatoms. The first kappa shape index (κ1) is 13.9. The number of carbonyl (C=O) groups excluding carboxylic acids is 1. The average Bonchev–Trinajstić information content (AvgIpc) is 2.42. The van der Waals surface area contributed by atoms with Gasteiger partial charge in [0.15, 0.2) is 0 Å². The van der Waals surface area contributed by atoms with E-state index in [9.17, 15) is 4.79 Å². The molecule has 0 radical (unpaired) electrons. The summed E-state index contributed by atoms with van der Waals surface area (Å²) in [6.45, 7) is 3.79. The number of nitrogens with one attached hydrogen (secondary N) is 2. The van der Waals surface area contributed by atoms with Crippen molar-refractivity contribution in [2.24, 2.45) is 5.92 Å². The van der Waals surface area contributed by atoms with Gasteiger partial charge in [0, 0.05) is 23.3 Å². The number of benzene rings is 1. The van der Waals surface area contributed by atoms with Crippen LogP contribution < -0.4 is 10.6 Å². The largest absolute Gasteiger partial charge is 0.382 e. The first-order chi connectivity index (χ1) is 9.15. The van der Waals surface area contributed by atoms with E-state index in [0.29, 0.717) is 6.04 Å². The summed E-state index contributed by atoms with van der Waals surface area (Å²) in [5.74, 6) is 0.0769. The highest BCUT2D eigenvalue weighted by molar-refractivity contribution is 5.92. The molecule has 0 heterocycles. The van der Waals surface area contributed by atoms with E-state index in [2.05, 4.69) is 10.6 Å². The number of carbonyl (C=O) groups is 1. The molecule has 1 aliphatic rings.